The fourth-order valence-electron chi connectivity index (χ4n) is 5.65. The van der Waals surface area contributed by atoms with Crippen LogP contribution in [0, 0.1) is 11.8 Å². The van der Waals surface area contributed by atoms with Gasteiger partial charge in [-0.3, -0.25) is 0 Å². The summed E-state index contributed by atoms with van der Waals surface area (Å²) in [5.74, 6) is -0.0223. The first-order chi connectivity index (χ1) is 11.9. The van der Waals surface area contributed by atoms with Crippen LogP contribution >= 0.6 is 0 Å². The molecule has 3 fully saturated rings. The number of ether oxygens (including phenoxy) is 1. The molecule has 0 spiro atoms. The first-order valence-electron chi connectivity index (χ1n) is 9.74. The van der Waals surface area contributed by atoms with Crippen molar-refractivity contribution in [2.45, 2.75) is 56.3 Å². The highest BCUT2D eigenvalue weighted by molar-refractivity contribution is 5.82. The number of piperidine rings is 1. The maximum atomic E-state index is 13.3. The molecule has 0 amide bonds. The van der Waals surface area contributed by atoms with E-state index < -0.39 is 11.6 Å². The Balaban J connectivity index is 0.00000196. The van der Waals surface area contributed by atoms with Crippen molar-refractivity contribution in [1.29, 1.82) is 0 Å². The lowest BCUT2D eigenvalue weighted by atomic mass is 9.80. The summed E-state index contributed by atoms with van der Waals surface area (Å²) in [4.78, 5) is 13.3. The molecule has 5 heteroatoms. The molecule has 2 bridgehead atoms. The second-order valence-corrected chi connectivity index (χ2v) is 8.85. The predicted molar refractivity (Wildman–Crippen MR) is 95.7 cm³/mol. The Kier molecular flexibility index (Phi) is 5.71. The van der Waals surface area contributed by atoms with Crippen LogP contribution in [0.4, 0.5) is 0 Å². The fourth-order valence-corrected chi connectivity index (χ4v) is 5.65. The molecule has 1 N–H and O–H groups in total. The van der Waals surface area contributed by atoms with E-state index in [9.17, 15) is 9.90 Å². The molecule has 26 heavy (non-hydrogen) atoms. The van der Waals surface area contributed by atoms with Gasteiger partial charge in [0, 0.05) is 12.3 Å². The van der Waals surface area contributed by atoms with Crippen LogP contribution in [0.2, 0.25) is 0 Å². The zero-order chi connectivity index (χ0) is 17.7. The van der Waals surface area contributed by atoms with Gasteiger partial charge in [0.05, 0.1) is 26.6 Å². The van der Waals surface area contributed by atoms with Gasteiger partial charge < -0.3 is 38.3 Å². The largest absolute Gasteiger partial charge is 1.00 e. The summed E-state index contributed by atoms with van der Waals surface area (Å²) in [6, 6.07) is 9.80. The maximum absolute atomic E-state index is 13.3. The summed E-state index contributed by atoms with van der Waals surface area (Å²) in [6.45, 7) is 1.07. The monoisotopic (exact) mass is 471 g/mol. The number of carbonyl (C=O) groups excluding carboxylic acids is 1. The number of benzene rings is 1. The van der Waals surface area contributed by atoms with E-state index >= 15 is 0 Å². The van der Waals surface area contributed by atoms with Gasteiger partial charge in [-0.05, 0) is 24.8 Å². The second-order valence-electron chi connectivity index (χ2n) is 8.85. The van der Waals surface area contributed by atoms with Crippen LogP contribution in [-0.2, 0) is 15.1 Å². The lowest BCUT2D eigenvalue weighted by Crippen LogP contribution is -3.00. The Morgan fingerprint density at radius 3 is 2.31 bits per heavy atom. The number of aliphatic hydroxyl groups is 1. The van der Waals surface area contributed by atoms with Crippen molar-refractivity contribution >= 4 is 5.97 Å². The molecule has 0 radical (unpaired) electrons. The van der Waals surface area contributed by atoms with Crippen LogP contribution in [0.15, 0.2) is 30.3 Å². The summed E-state index contributed by atoms with van der Waals surface area (Å²) >= 11 is 0. The Bertz CT molecular complexity index is 644. The van der Waals surface area contributed by atoms with Crippen LogP contribution < -0.4 is 24.0 Å². The Morgan fingerprint density at radius 1 is 1.12 bits per heavy atom. The van der Waals surface area contributed by atoms with Crippen molar-refractivity contribution in [3.63, 3.8) is 0 Å². The van der Waals surface area contributed by atoms with Crippen molar-refractivity contribution in [2.75, 3.05) is 20.6 Å². The van der Waals surface area contributed by atoms with E-state index in [1.54, 1.807) is 0 Å². The average molecular weight is 471 g/mol. The zero-order valence-electron chi connectivity index (χ0n) is 15.7. The van der Waals surface area contributed by atoms with Gasteiger partial charge in [-0.15, -0.1) is 0 Å². The average Bonchev–Trinajstić information content (AvgIpc) is 3.30. The van der Waals surface area contributed by atoms with Crippen molar-refractivity contribution in [3.8, 4) is 0 Å². The van der Waals surface area contributed by atoms with Gasteiger partial charge in [-0.1, -0.05) is 43.2 Å². The van der Waals surface area contributed by atoms with Gasteiger partial charge in [-0.2, -0.15) is 0 Å². The maximum Gasteiger partial charge on any atom is 0.343 e. The normalized spacial score (nSPS) is 32.0. The third-order valence-corrected chi connectivity index (χ3v) is 6.99. The summed E-state index contributed by atoms with van der Waals surface area (Å²) in [6.07, 6.45) is 6.13. The number of likely N-dealkylation sites (N-methyl/N-ethyl adjacent to an activating group) is 1. The van der Waals surface area contributed by atoms with E-state index in [0.717, 1.165) is 49.6 Å². The number of carbonyl (C=O) groups is 1. The molecule has 4 nitrogen and oxygen atoms in total. The quantitative estimate of drug-likeness (QED) is 0.378. The third-order valence-electron chi connectivity index (χ3n) is 6.99. The number of hydrogen-bond acceptors (Lipinski definition) is 3. The topological polar surface area (TPSA) is 46.5 Å². The SMILES string of the molecule is C[N+]1(C)CC2CCC1C2OC(=O)[C@](O)(c1ccccc1)C1CCCC1.[I-]. The van der Waals surface area contributed by atoms with E-state index in [4.69, 9.17) is 4.74 Å². The molecule has 4 atom stereocenters. The Morgan fingerprint density at radius 2 is 1.77 bits per heavy atom. The number of esters is 1. The van der Waals surface area contributed by atoms with Crippen molar-refractivity contribution < 1.29 is 43.1 Å². The number of likely N-dealkylation sites (tertiary alicyclic amines) is 1. The number of rotatable bonds is 4. The minimum absolute atomic E-state index is 0. The standard InChI is InChI=1S/C21H30NO3.HI/c1-22(2)14-15-12-13-18(22)19(15)25-20(23)21(24,17-10-6-7-11-17)16-8-4-3-5-9-16;/h3-5,8-9,15,17-19,24H,6-7,10-14H2,1-2H3;1H/q+1;/p-1/t15?,18?,19?,21-;/m0./s1. The highest BCUT2D eigenvalue weighted by atomic mass is 127. The summed E-state index contributed by atoms with van der Waals surface area (Å²) in [5.41, 5.74) is -0.817. The molecule has 3 unspecified atom stereocenters. The predicted octanol–water partition coefficient (Wildman–Crippen LogP) is -0.151. The molecular formula is C21H30INO3. The number of fused-ring (bicyclic) bond motifs is 2. The van der Waals surface area contributed by atoms with Crippen LogP contribution in [-0.4, -0.2) is 48.3 Å². The minimum Gasteiger partial charge on any atom is -1.00 e. The first kappa shape index (κ1) is 20.1. The Hall–Kier alpha value is -0.660. The molecule has 1 aliphatic heterocycles. The fraction of sp³-hybridized carbons (Fsp3) is 0.667. The van der Waals surface area contributed by atoms with Crippen molar-refractivity contribution in [2.24, 2.45) is 11.8 Å². The number of halogens is 1. The van der Waals surface area contributed by atoms with Crippen LogP contribution in [0.25, 0.3) is 0 Å². The van der Waals surface area contributed by atoms with Gasteiger partial charge in [0.1, 0.15) is 6.04 Å². The van der Waals surface area contributed by atoms with Crippen LogP contribution in [0.5, 0.6) is 0 Å². The van der Waals surface area contributed by atoms with Gasteiger partial charge in [0.25, 0.3) is 0 Å². The molecule has 144 valence electrons. The third kappa shape index (κ3) is 3.20. The molecule has 0 aromatic heterocycles. The van der Waals surface area contributed by atoms with E-state index in [1.165, 1.54) is 0 Å². The number of nitrogens with zero attached hydrogens (tertiary/aromatic N) is 1. The Labute approximate surface area is 173 Å². The molecule has 2 saturated carbocycles. The van der Waals surface area contributed by atoms with Crippen molar-refractivity contribution in [3.05, 3.63) is 35.9 Å². The zero-order valence-corrected chi connectivity index (χ0v) is 17.9. The number of quaternary nitrogens is 1. The summed E-state index contributed by atoms with van der Waals surface area (Å²) in [7, 11) is 4.45. The molecule has 1 saturated heterocycles. The smallest absolute Gasteiger partial charge is 0.343 e. The van der Waals surface area contributed by atoms with Gasteiger partial charge in [0.15, 0.2) is 11.7 Å². The lowest BCUT2D eigenvalue weighted by Gasteiger charge is -2.35. The van der Waals surface area contributed by atoms with Crippen molar-refractivity contribution in [1.82, 2.24) is 0 Å². The summed E-state index contributed by atoms with van der Waals surface area (Å²) < 4.78 is 6.99. The van der Waals surface area contributed by atoms with Gasteiger partial charge in [0.2, 0.25) is 0 Å². The van der Waals surface area contributed by atoms with Crippen LogP contribution in [0.3, 0.4) is 0 Å². The molecule has 3 aliphatic rings. The molecule has 2 aliphatic carbocycles. The van der Waals surface area contributed by atoms with Crippen LogP contribution in [0.1, 0.15) is 44.1 Å². The number of hydrogen-bond donors (Lipinski definition) is 1. The molecular weight excluding hydrogens is 441 g/mol. The highest BCUT2D eigenvalue weighted by Gasteiger charge is 2.58. The van der Waals surface area contributed by atoms with Gasteiger partial charge in [-0.25, -0.2) is 4.79 Å². The molecule has 1 aromatic carbocycles. The van der Waals surface area contributed by atoms with E-state index in [1.807, 2.05) is 30.3 Å². The molecule has 1 heterocycles. The van der Waals surface area contributed by atoms with Gasteiger partial charge >= 0.3 is 5.97 Å². The second kappa shape index (κ2) is 7.40. The van der Waals surface area contributed by atoms with E-state index in [0.29, 0.717) is 17.5 Å². The highest BCUT2D eigenvalue weighted by Crippen LogP contribution is 2.46. The van der Waals surface area contributed by atoms with E-state index in [2.05, 4.69) is 14.1 Å². The molecule has 1 aromatic rings. The lowest BCUT2D eigenvalue weighted by molar-refractivity contribution is -0.908. The first-order valence-corrected chi connectivity index (χ1v) is 9.74. The minimum atomic E-state index is -1.50. The van der Waals surface area contributed by atoms with E-state index in [-0.39, 0.29) is 36.0 Å². The molecule has 4 rings (SSSR count). The summed E-state index contributed by atoms with van der Waals surface area (Å²) in [5, 5.41) is 11.6.